The molecule has 0 spiro atoms. The minimum Gasteiger partial charge on any atom is -0.459 e. The Morgan fingerprint density at radius 3 is 2.82 bits per heavy atom. The SMILES string of the molecule is CC(C#N)CNC(C)c1cc2ccccc2o1. The third kappa shape index (κ3) is 2.66. The second-order valence-corrected chi connectivity index (χ2v) is 4.35. The summed E-state index contributed by atoms with van der Waals surface area (Å²) >= 11 is 0. The number of para-hydroxylation sites is 1. The summed E-state index contributed by atoms with van der Waals surface area (Å²) in [6.07, 6.45) is 0. The topological polar surface area (TPSA) is 49.0 Å². The van der Waals surface area contributed by atoms with Gasteiger partial charge in [-0.25, -0.2) is 0 Å². The molecule has 0 amide bonds. The van der Waals surface area contributed by atoms with E-state index in [2.05, 4.69) is 11.4 Å². The third-order valence-electron chi connectivity index (χ3n) is 2.82. The zero-order valence-corrected chi connectivity index (χ0v) is 10.1. The number of fused-ring (bicyclic) bond motifs is 1. The van der Waals surface area contributed by atoms with Gasteiger partial charge in [0.2, 0.25) is 0 Å². The monoisotopic (exact) mass is 228 g/mol. The molecule has 2 unspecified atom stereocenters. The van der Waals surface area contributed by atoms with E-state index in [1.54, 1.807) is 0 Å². The van der Waals surface area contributed by atoms with Gasteiger partial charge in [-0.15, -0.1) is 0 Å². The molecule has 2 rings (SSSR count). The molecule has 88 valence electrons. The predicted octanol–water partition coefficient (Wildman–Crippen LogP) is 3.24. The van der Waals surface area contributed by atoms with Crippen LogP contribution in [0.2, 0.25) is 0 Å². The van der Waals surface area contributed by atoms with E-state index in [-0.39, 0.29) is 12.0 Å². The Labute approximate surface area is 101 Å². The van der Waals surface area contributed by atoms with Gasteiger partial charge in [0.1, 0.15) is 11.3 Å². The fourth-order valence-corrected chi connectivity index (χ4v) is 1.72. The number of nitrogens with zero attached hydrogens (tertiary/aromatic N) is 1. The van der Waals surface area contributed by atoms with Crippen molar-refractivity contribution in [3.05, 3.63) is 36.1 Å². The third-order valence-corrected chi connectivity index (χ3v) is 2.82. The molecule has 0 aliphatic heterocycles. The smallest absolute Gasteiger partial charge is 0.134 e. The summed E-state index contributed by atoms with van der Waals surface area (Å²) in [6, 6.07) is 12.3. The first-order valence-corrected chi connectivity index (χ1v) is 5.82. The number of furan rings is 1. The lowest BCUT2D eigenvalue weighted by atomic mass is 10.1. The molecule has 17 heavy (non-hydrogen) atoms. The van der Waals surface area contributed by atoms with Crippen molar-refractivity contribution < 1.29 is 4.42 Å². The average molecular weight is 228 g/mol. The van der Waals surface area contributed by atoms with Crippen LogP contribution in [-0.2, 0) is 0 Å². The molecule has 0 radical (unpaired) electrons. The Kier molecular flexibility index (Phi) is 3.46. The van der Waals surface area contributed by atoms with Crippen LogP contribution < -0.4 is 5.32 Å². The minimum atomic E-state index is 0.0156. The quantitative estimate of drug-likeness (QED) is 0.873. The van der Waals surface area contributed by atoms with Crippen molar-refractivity contribution in [1.82, 2.24) is 5.32 Å². The van der Waals surface area contributed by atoms with Gasteiger partial charge in [0.15, 0.2) is 0 Å². The maximum absolute atomic E-state index is 8.72. The molecule has 3 heteroatoms. The van der Waals surface area contributed by atoms with E-state index in [4.69, 9.17) is 9.68 Å². The average Bonchev–Trinajstić information content (AvgIpc) is 2.79. The highest BCUT2D eigenvalue weighted by molar-refractivity contribution is 5.77. The van der Waals surface area contributed by atoms with Crippen molar-refractivity contribution >= 4 is 11.0 Å². The number of benzene rings is 1. The molecule has 0 saturated carbocycles. The zero-order valence-electron chi connectivity index (χ0n) is 10.1. The molecular formula is C14H16N2O. The van der Waals surface area contributed by atoms with Gasteiger partial charge in [0.25, 0.3) is 0 Å². The van der Waals surface area contributed by atoms with E-state index < -0.39 is 0 Å². The van der Waals surface area contributed by atoms with Gasteiger partial charge < -0.3 is 9.73 Å². The molecule has 0 aliphatic carbocycles. The van der Waals surface area contributed by atoms with E-state index >= 15 is 0 Å². The first kappa shape index (κ1) is 11.7. The van der Waals surface area contributed by atoms with Crippen LogP contribution >= 0.6 is 0 Å². The van der Waals surface area contributed by atoms with Crippen LogP contribution in [0.5, 0.6) is 0 Å². The van der Waals surface area contributed by atoms with E-state index in [9.17, 15) is 0 Å². The molecule has 1 aromatic heterocycles. The standard InChI is InChI=1S/C14H16N2O/c1-10(8-15)9-16-11(2)14-7-12-5-3-4-6-13(12)17-14/h3-7,10-11,16H,9H2,1-2H3. The zero-order chi connectivity index (χ0) is 12.3. The largest absolute Gasteiger partial charge is 0.459 e. The van der Waals surface area contributed by atoms with Gasteiger partial charge in [-0.05, 0) is 26.0 Å². The molecule has 1 aromatic carbocycles. The number of hydrogen-bond acceptors (Lipinski definition) is 3. The number of nitriles is 1. The maximum Gasteiger partial charge on any atom is 0.134 e. The Balaban J connectivity index is 2.09. The van der Waals surface area contributed by atoms with Crippen molar-refractivity contribution in [3.63, 3.8) is 0 Å². The molecule has 0 fully saturated rings. The number of hydrogen-bond donors (Lipinski definition) is 1. The van der Waals surface area contributed by atoms with E-state index in [1.807, 2.05) is 44.2 Å². The van der Waals surface area contributed by atoms with Crippen molar-refractivity contribution in [2.45, 2.75) is 19.9 Å². The molecule has 2 atom stereocenters. The summed E-state index contributed by atoms with van der Waals surface area (Å²) in [4.78, 5) is 0. The van der Waals surface area contributed by atoms with Gasteiger partial charge in [0, 0.05) is 11.9 Å². The van der Waals surface area contributed by atoms with Gasteiger partial charge >= 0.3 is 0 Å². The second kappa shape index (κ2) is 5.03. The highest BCUT2D eigenvalue weighted by Crippen LogP contribution is 2.23. The Morgan fingerprint density at radius 2 is 2.12 bits per heavy atom. The van der Waals surface area contributed by atoms with E-state index in [0.717, 1.165) is 16.7 Å². The summed E-state index contributed by atoms with van der Waals surface area (Å²) in [5, 5.41) is 13.1. The predicted molar refractivity (Wildman–Crippen MR) is 67.4 cm³/mol. The molecule has 1 heterocycles. The Hall–Kier alpha value is -1.79. The van der Waals surface area contributed by atoms with Gasteiger partial charge in [-0.3, -0.25) is 0 Å². The lowest BCUT2D eigenvalue weighted by Gasteiger charge is -2.11. The van der Waals surface area contributed by atoms with Gasteiger partial charge in [-0.1, -0.05) is 18.2 Å². The van der Waals surface area contributed by atoms with Crippen molar-refractivity contribution in [1.29, 1.82) is 5.26 Å². The highest BCUT2D eigenvalue weighted by atomic mass is 16.3. The fourth-order valence-electron chi connectivity index (χ4n) is 1.72. The van der Waals surface area contributed by atoms with Gasteiger partial charge in [0.05, 0.1) is 18.0 Å². The molecule has 2 aromatic rings. The lowest BCUT2D eigenvalue weighted by Crippen LogP contribution is -2.23. The van der Waals surface area contributed by atoms with E-state index in [1.165, 1.54) is 0 Å². The maximum atomic E-state index is 8.72. The lowest BCUT2D eigenvalue weighted by molar-refractivity contribution is 0.438. The molecule has 0 bridgehead atoms. The van der Waals surface area contributed by atoms with Crippen LogP contribution in [0.4, 0.5) is 0 Å². The van der Waals surface area contributed by atoms with Crippen LogP contribution in [0.15, 0.2) is 34.7 Å². The highest BCUT2D eigenvalue weighted by Gasteiger charge is 2.11. The van der Waals surface area contributed by atoms with Crippen LogP contribution in [0.3, 0.4) is 0 Å². The van der Waals surface area contributed by atoms with Crippen molar-refractivity contribution in [3.8, 4) is 6.07 Å². The normalized spacial score (nSPS) is 14.4. The Bertz CT molecular complexity index is 505. The number of nitrogens with one attached hydrogen (secondary N) is 1. The molecule has 3 nitrogen and oxygen atoms in total. The summed E-state index contributed by atoms with van der Waals surface area (Å²) in [7, 11) is 0. The summed E-state index contributed by atoms with van der Waals surface area (Å²) in [5.74, 6) is 0.929. The Morgan fingerprint density at radius 1 is 1.35 bits per heavy atom. The minimum absolute atomic E-state index is 0.0156. The molecular weight excluding hydrogens is 212 g/mol. The first-order chi connectivity index (χ1) is 8.20. The van der Waals surface area contributed by atoms with Crippen molar-refractivity contribution in [2.24, 2.45) is 5.92 Å². The van der Waals surface area contributed by atoms with Crippen molar-refractivity contribution in [2.75, 3.05) is 6.54 Å². The molecule has 0 saturated heterocycles. The summed E-state index contributed by atoms with van der Waals surface area (Å²) in [6.45, 7) is 4.62. The van der Waals surface area contributed by atoms with Crippen LogP contribution in [0.25, 0.3) is 11.0 Å². The number of rotatable bonds is 4. The van der Waals surface area contributed by atoms with Crippen LogP contribution in [0.1, 0.15) is 25.6 Å². The summed E-state index contributed by atoms with van der Waals surface area (Å²) < 4.78 is 5.75. The van der Waals surface area contributed by atoms with Crippen LogP contribution in [-0.4, -0.2) is 6.54 Å². The van der Waals surface area contributed by atoms with Crippen LogP contribution in [0, 0.1) is 17.2 Å². The van der Waals surface area contributed by atoms with E-state index in [0.29, 0.717) is 6.54 Å². The molecule has 1 N–H and O–H groups in total. The second-order valence-electron chi connectivity index (χ2n) is 4.35. The fraction of sp³-hybridized carbons (Fsp3) is 0.357. The summed E-state index contributed by atoms with van der Waals surface area (Å²) in [5.41, 5.74) is 0.907. The van der Waals surface area contributed by atoms with Gasteiger partial charge in [-0.2, -0.15) is 5.26 Å². The molecule has 0 aliphatic rings. The first-order valence-electron chi connectivity index (χ1n) is 5.82.